The number of fused-ring (bicyclic) bond motifs is 4. The highest BCUT2D eigenvalue weighted by molar-refractivity contribution is 6.08. The van der Waals surface area contributed by atoms with Gasteiger partial charge in [0.15, 0.2) is 0 Å². The molecule has 2 nitrogen and oxygen atoms in total. The molecule has 0 unspecified atom stereocenters. The first-order valence-corrected chi connectivity index (χ1v) is 6.72. The van der Waals surface area contributed by atoms with E-state index in [-0.39, 0.29) is 5.82 Å². The van der Waals surface area contributed by atoms with Crippen molar-refractivity contribution in [3.05, 3.63) is 60.4 Å². The lowest BCUT2D eigenvalue weighted by Crippen LogP contribution is -1.88. The van der Waals surface area contributed by atoms with Gasteiger partial charge >= 0.3 is 0 Å². The quantitative estimate of drug-likeness (QED) is 0.372. The molecule has 0 aliphatic carbocycles. The Kier molecular flexibility index (Phi) is 2.54. The molecule has 4 aromatic rings. The monoisotopic (exact) mass is 277 g/mol. The average Bonchev–Trinajstić information content (AvgIpc) is 2.53. The molecule has 3 aromatic carbocycles. The van der Waals surface area contributed by atoms with Gasteiger partial charge in [0.2, 0.25) is 0 Å². The summed E-state index contributed by atoms with van der Waals surface area (Å²) < 4.78 is 19.2. The molecule has 0 aliphatic heterocycles. The minimum atomic E-state index is -0.292. The van der Waals surface area contributed by atoms with Crippen LogP contribution in [0.2, 0.25) is 0 Å². The summed E-state index contributed by atoms with van der Waals surface area (Å²) in [7, 11) is 1.64. The van der Waals surface area contributed by atoms with E-state index in [1.165, 1.54) is 6.07 Å². The molecule has 0 spiro atoms. The Labute approximate surface area is 120 Å². The smallest absolute Gasteiger partial charge is 0.149 e. The van der Waals surface area contributed by atoms with Gasteiger partial charge in [0.25, 0.3) is 0 Å². The van der Waals surface area contributed by atoms with Crippen LogP contribution in [0.1, 0.15) is 0 Å². The van der Waals surface area contributed by atoms with E-state index in [0.29, 0.717) is 5.52 Å². The Balaban J connectivity index is 2.16. The molecular formula is C18H12FNO. The Morgan fingerprint density at radius 1 is 0.857 bits per heavy atom. The van der Waals surface area contributed by atoms with Gasteiger partial charge in [-0.2, -0.15) is 0 Å². The molecule has 1 heterocycles. The maximum absolute atomic E-state index is 14.0. The van der Waals surface area contributed by atoms with Crippen molar-refractivity contribution in [3.8, 4) is 5.75 Å². The molecule has 3 heteroatoms. The normalized spacial score (nSPS) is 11.3. The van der Waals surface area contributed by atoms with Crippen molar-refractivity contribution in [2.45, 2.75) is 0 Å². The molecule has 0 bridgehead atoms. The number of ether oxygens (including phenoxy) is 1. The van der Waals surface area contributed by atoms with E-state index in [4.69, 9.17) is 4.74 Å². The number of aromatic nitrogens is 1. The van der Waals surface area contributed by atoms with Gasteiger partial charge in [0, 0.05) is 16.2 Å². The van der Waals surface area contributed by atoms with Gasteiger partial charge in [0.1, 0.15) is 17.1 Å². The number of para-hydroxylation sites is 1. The van der Waals surface area contributed by atoms with Crippen LogP contribution in [0.15, 0.2) is 54.6 Å². The van der Waals surface area contributed by atoms with Crippen molar-refractivity contribution in [1.29, 1.82) is 0 Å². The van der Waals surface area contributed by atoms with E-state index < -0.39 is 0 Å². The number of rotatable bonds is 1. The summed E-state index contributed by atoms with van der Waals surface area (Å²) in [6, 6.07) is 16.9. The molecular weight excluding hydrogens is 265 g/mol. The number of hydrogen-bond acceptors (Lipinski definition) is 2. The van der Waals surface area contributed by atoms with Crippen LogP contribution >= 0.6 is 0 Å². The van der Waals surface area contributed by atoms with E-state index in [1.54, 1.807) is 13.2 Å². The molecule has 0 amide bonds. The maximum atomic E-state index is 14.0. The summed E-state index contributed by atoms with van der Waals surface area (Å²) in [4.78, 5) is 4.55. The van der Waals surface area contributed by atoms with E-state index in [1.807, 2.05) is 42.5 Å². The van der Waals surface area contributed by atoms with Gasteiger partial charge in [0.05, 0.1) is 12.6 Å². The van der Waals surface area contributed by atoms with Crippen LogP contribution in [0, 0.1) is 5.82 Å². The summed E-state index contributed by atoms with van der Waals surface area (Å²) in [5.74, 6) is 0.508. The fourth-order valence-electron chi connectivity index (χ4n) is 2.72. The number of halogens is 1. The van der Waals surface area contributed by atoms with Gasteiger partial charge in [-0.05, 0) is 35.7 Å². The zero-order valence-corrected chi connectivity index (χ0v) is 11.4. The minimum absolute atomic E-state index is 0.292. The first kappa shape index (κ1) is 12.1. The Hall–Kier alpha value is -2.68. The first-order chi connectivity index (χ1) is 10.3. The molecule has 0 atom stereocenters. The third-order valence-electron chi connectivity index (χ3n) is 3.78. The van der Waals surface area contributed by atoms with Gasteiger partial charge in [-0.25, -0.2) is 9.37 Å². The second-order valence-corrected chi connectivity index (χ2v) is 5.02. The Morgan fingerprint density at radius 3 is 2.52 bits per heavy atom. The highest BCUT2D eigenvalue weighted by atomic mass is 19.1. The van der Waals surface area contributed by atoms with E-state index in [2.05, 4.69) is 4.98 Å². The standard InChI is InChI=1S/C18H12FNO/c1-21-14-7-8-15-11(10-14)5-6-13-9-12-3-2-4-16(19)18(12)20-17(13)15/h2-10H,1H3. The van der Waals surface area contributed by atoms with Crippen molar-refractivity contribution >= 4 is 32.6 Å². The molecule has 0 fully saturated rings. The lowest BCUT2D eigenvalue weighted by Gasteiger charge is -2.07. The minimum Gasteiger partial charge on any atom is -0.497 e. The molecule has 21 heavy (non-hydrogen) atoms. The largest absolute Gasteiger partial charge is 0.497 e. The number of hydrogen-bond donors (Lipinski definition) is 0. The highest BCUT2D eigenvalue weighted by Crippen LogP contribution is 2.29. The van der Waals surface area contributed by atoms with Crippen LogP contribution in [0.5, 0.6) is 5.75 Å². The topological polar surface area (TPSA) is 22.1 Å². The molecule has 4 rings (SSSR count). The third-order valence-corrected chi connectivity index (χ3v) is 3.78. The molecule has 1 aromatic heterocycles. The number of pyridine rings is 1. The second-order valence-electron chi connectivity index (χ2n) is 5.02. The summed E-state index contributed by atoms with van der Waals surface area (Å²) in [6.45, 7) is 0. The second kappa shape index (κ2) is 4.42. The molecule has 0 N–H and O–H groups in total. The molecule has 102 valence electrons. The first-order valence-electron chi connectivity index (χ1n) is 6.72. The number of methoxy groups -OCH3 is 1. The van der Waals surface area contributed by atoms with Gasteiger partial charge in [-0.1, -0.05) is 24.3 Å². The molecule has 0 saturated heterocycles. The summed E-state index contributed by atoms with van der Waals surface area (Å²) in [5, 5.41) is 3.85. The Bertz CT molecular complexity index is 994. The zero-order valence-electron chi connectivity index (χ0n) is 11.4. The summed E-state index contributed by atoms with van der Waals surface area (Å²) in [5.41, 5.74) is 1.22. The van der Waals surface area contributed by atoms with Gasteiger partial charge < -0.3 is 4.74 Å². The predicted octanol–water partition coefficient (Wildman–Crippen LogP) is 4.69. The number of nitrogens with zero attached hydrogens (tertiary/aromatic N) is 1. The maximum Gasteiger partial charge on any atom is 0.149 e. The SMILES string of the molecule is COc1ccc2c(ccc3cc4cccc(F)c4nc32)c1. The average molecular weight is 277 g/mol. The number of benzene rings is 3. The van der Waals surface area contributed by atoms with Crippen LogP contribution in [0.4, 0.5) is 4.39 Å². The van der Waals surface area contributed by atoms with Crippen molar-refractivity contribution in [2.75, 3.05) is 7.11 Å². The van der Waals surface area contributed by atoms with E-state index in [9.17, 15) is 4.39 Å². The van der Waals surface area contributed by atoms with Crippen molar-refractivity contribution < 1.29 is 9.13 Å². The van der Waals surface area contributed by atoms with E-state index in [0.717, 1.165) is 32.8 Å². The zero-order chi connectivity index (χ0) is 14.4. The third kappa shape index (κ3) is 1.82. The van der Waals surface area contributed by atoms with Crippen LogP contribution in [0.3, 0.4) is 0 Å². The Morgan fingerprint density at radius 2 is 1.67 bits per heavy atom. The molecule has 0 aliphatic rings. The van der Waals surface area contributed by atoms with Crippen LogP contribution < -0.4 is 4.74 Å². The highest BCUT2D eigenvalue weighted by Gasteiger charge is 2.07. The van der Waals surface area contributed by atoms with Crippen LogP contribution in [0.25, 0.3) is 32.6 Å². The molecule has 0 saturated carbocycles. The lowest BCUT2D eigenvalue weighted by atomic mass is 10.0. The van der Waals surface area contributed by atoms with Crippen LogP contribution in [-0.4, -0.2) is 12.1 Å². The van der Waals surface area contributed by atoms with E-state index >= 15 is 0 Å². The summed E-state index contributed by atoms with van der Waals surface area (Å²) in [6.07, 6.45) is 0. The van der Waals surface area contributed by atoms with Crippen molar-refractivity contribution in [3.63, 3.8) is 0 Å². The van der Waals surface area contributed by atoms with Gasteiger partial charge in [-0.3, -0.25) is 0 Å². The van der Waals surface area contributed by atoms with Crippen molar-refractivity contribution in [1.82, 2.24) is 4.98 Å². The summed E-state index contributed by atoms with van der Waals surface area (Å²) >= 11 is 0. The predicted molar refractivity (Wildman–Crippen MR) is 83.3 cm³/mol. The molecule has 0 radical (unpaired) electrons. The van der Waals surface area contributed by atoms with Gasteiger partial charge in [-0.15, -0.1) is 0 Å². The van der Waals surface area contributed by atoms with Crippen LogP contribution in [-0.2, 0) is 0 Å². The fraction of sp³-hybridized carbons (Fsp3) is 0.0556. The lowest BCUT2D eigenvalue weighted by molar-refractivity contribution is 0.415. The van der Waals surface area contributed by atoms with Crippen molar-refractivity contribution in [2.24, 2.45) is 0 Å². The fourth-order valence-corrected chi connectivity index (χ4v) is 2.72.